The van der Waals surface area contributed by atoms with Crippen molar-refractivity contribution in [2.45, 2.75) is 62.2 Å². The SMILES string of the molecule is CC(Sc1nccc(C(F)(F)F)n1)C(=O)NC1CCCCC1C. The predicted molar refractivity (Wildman–Crippen MR) is 81.9 cm³/mol. The summed E-state index contributed by atoms with van der Waals surface area (Å²) >= 11 is 0.937. The van der Waals surface area contributed by atoms with Crippen molar-refractivity contribution in [2.24, 2.45) is 5.92 Å². The number of carbonyl (C=O) groups is 1. The van der Waals surface area contributed by atoms with Gasteiger partial charge in [-0.2, -0.15) is 13.2 Å². The Morgan fingerprint density at radius 3 is 2.74 bits per heavy atom. The highest BCUT2D eigenvalue weighted by molar-refractivity contribution is 8.00. The lowest BCUT2D eigenvalue weighted by molar-refractivity contribution is -0.141. The van der Waals surface area contributed by atoms with E-state index in [1.807, 2.05) is 0 Å². The van der Waals surface area contributed by atoms with E-state index >= 15 is 0 Å². The van der Waals surface area contributed by atoms with Crippen LogP contribution in [0.5, 0.6) is 0 Å². The number of aromatic nitrogens is 2. The van der Waals surface area contributed by atoms with Gasteiger partial charge in [-0.15, -0.1) is 0 Å². The highest BCUT2D eigenvalue weighted by atomic mass is 32.2. The molecule has 0 aromatic carbocycles. The molecular formula is C15H20F3N3OS. The van der Waals surface area contributed by atoms with Crippen LogP contribution < -0.4 is 5.32 Å². The first-order valence-corrected chi connectivity index (χ1v) is 8.52. The molecule has 2 rings (SSSR count). The van der Waals surface area contributed by atoms with Gasteiger partial charge in [-0.1, -0.05) is 31.5 Å². The zero-order chi connectivity index (χ0) is 17.0. The zero-order valence-electron chi connectivity index (χ0n) is 13.1. The number of carbonyl (C=O) groups excluding carboxylic acids is 1. The van der Waals surface area contributed by atoms with Crippen molar-refractivity contribution in [3.8, 4) is 0 Å². The van der Waals surface area contributed by atoms with Crippen molar-refractivity contribution in [1.29, 1.82) is 0 Å². The number of nitrogens with zero attached hydrogens (tertiary/aromatic N) is 2. The average molecular weight is 347 g/mol. The predicted octanol–water partition coefficient (Wildman–Crippen LogP) is 3.67. The third kappa shape index (κ3) is 5.09. The highest BCUT2D eigenvalue weighted by Gasteiger charge is 2.33. The molecule has 0 radical (unpaired) electrons. The van der Waals surface area contributed by atoms with Gasteiger partial charge in [0.1, 0.15) is 5.69 Å². The Morgan fingerprint density at radius 1 is 1.39 bits per heavy atom. The summed E-state index contributed by atoms with van der Waals surface area (Å²) in [5.74, 6) is 0.240. The van der Waals surface area contributed by atoms with Crippen LogP contribution in [-0.2, 0) is 11.0 Å². The van der Waals surface area contributed by atoms with Gasteiger partial charge in [0.25, 0.3) is 0 Å². The minimum absolute atomic E-state index is 0.0424. The second-order valence-corrected chi connectivity index (χ2v) is 7.17. The van der Waals surface area contributed by atoms with Crippen molar-refractivity contribution in [3.63, 3.8) is 0 Å². The van der Waals surface area contributed by atoms with Crippen LogP contribution in [0.2, 0.25) is 0 Å². The molecule has 1 saturated carbocycles. The third-order valence-electron chi connectivity index (χ3n) is 4.01. The fourth-order valence-electron chi connectivity index (χ4n) is 2.60. The molecule has 3 atom stereocenters. The lowest BCUT2D eigenvalue weighted by Gasteiger charge is -2.30. The molecule has 1 fully saturated rings. The molecule has 1 aromatic heterocycles. The number of rotatable bonds is 4. The topological polar surface area (TPSA) is 54.9 Å². The summed E-state index contributed by atoms with van der Waals surface area (Å²) < 4.78 is 37.9. The minimum Gasteiger partial charge on any atom is -0.352 e. The van der Waals surface area contributed by atoms with Crippen LogP contribution in [0.4, 0.5) is 13.2 Å². The Kier molecular flexibility index (Phi) is 5.89. The van der Waals surface area contributed by atoms with Crippen LogP contribution in [0.3, 0.4) is 0 Å². The van der Waals surface area contributed by atoms with Crippen molar-refractivity contribution in [3.05, 3.63) is 18.0 Å². The first kappa shape index (κ1) is 18.0. The fraction of sp³-hybridized carbons (Fsp3) is 0.667. The first-order chi connectivity index (χ1) is 10.8. The maximum Gasteiger partial charge on any atom is 0.433 e. The number of thioether (sulfide) groups is 1. The van der Waals surface area contributed by atoms with Crippen LogP contribution in [-0.4, -0.2) is 27.2 Å². The molecule has 0 saturated heterocycles. The molecule has 0 bridgehead atoms. The largest absolute Gasteiger partial charge is 0.433 e. The first-order valence-electron chi connectivity index (χ1n) is 7.64. The standard InChI is InChI=1S/C15H20F3N3OS/c1-9-5-3-4-6-11(9)20-13(22)10(2)23-14-19-8-7-12(21-14)15(16,17)18/h7-11H,3-6H2,1-2H3,(H,20,22). The summed E-state index contributed by atoms with van der Waals surface area (Å²) in [6, 6.07) is 0.958. The van der Waals surface area contributed by atoms with Gasteiger partial charge >= 0.3 is 6.18 Å². The molecule has 23 heavy (non-hydrogen) atoms. The maximum absolute atomic E-state index is 12.6. The second-order valence-electron chi connectivity index (χ2n) is 5.86. The number of amides is 1. The number of hydrogen-bond acceptors (Lipinski definition) is 4. The van der Waals surface area contributed by atoms with Gasteiger partial charge in [0, 0.05) is 12.2 Å². The van der Waals surface area contributed by atoms with Gasteiger partial charge in [-0.3, -0.25) is 4.79 Å². The van der Waals surface area contributed by atoms with E-state index < -0.39 is 17.1 Å². The quantitative estimate of drug-likeness (QED) is 0.667. The van der Waals surface area contributed by atoms with Crippen LogP contribution >= 0.6 is 11.8 Å². The normalized spacial score (nSPS) is 23.3. The lowest BCUT2D eigenvalue weighted by atomic mass is 9.86. The summed E-state index contributed by atoms with van der Waals surface area (Å²) in [6.07, 6.45) is 0.851. The zero-order valence-corrected chi connectivity index (χ0v) is 13.9. The van der Waals surface area contributed by atoms with E-state index in [1.165, 1.54) is 6.42 Å². The molecule has 1 aliphatic carbocycles. The Bertz CT molecular complexity index is 553. The monoisotopic (exact) mass is 347 g/mol. The highest BCUT2D eigenvalue weighted by Crippen LogP contribution is 2.29. The summed E-state index contributed by atoms with van der Waals surface area (Å²) in [7, 11) is 0. The molecule has 128 valence electrons. The summed E-state index contributed by atoms with van der Waals surface area (Å²) in [5.41, 5.74) is -0.997. The number of halogens is 3. The molecule has 1 heterocycles. The Labute approximate surface area is 137 Å². The average Bonchev–Trinajstić information content (AvgIpc) is 2.49. The second kappa shape index (κ2) is 7.51. The summed E-state index contributed by atoms with van der Waals surface area (Å²) in [6.45, 7) is 3.76. The van der Waals surface area contributed by atoms with Gasteiger partial charge in [0.15, 0.2) is 5.16 Å². The molecule has 0 spiro atoms. The van der Waals surface area contributed by atoms with Crippen LogP contribution in [0, 0.1) is 5.92 Å². The Balaban J connectivity index is 1.95. The maximum atomic E-state index is 12.6. The minimum atomic E-state index is -4.51. The number of hydrogen-bond donors (Lipinski definition) is 1. The molecule has 1 N–H and O–H groups in total. The third-order valence-corrected chi connectivity index (χ3v) is 4.99. The molecule has 8 heteroatoms. The van der Waals surface area contributed by atoms with Crippen molar-refractivity contribution < 1.29 is 18.0 Å². The van der Waals surface area contributed by atoms with Crippen molar-refractivity contribution in [2.75, 3.05) is 0 Å². The summed E-state index contributed by atoms with van der Waals surface area (Å²) in [5, 5.41) is 2.40. The lowest BCUT2D eigenvalue weighted by Crippen LogP contribution is -2.44. The van der Waals surface area contributed by atoms with Gasteiger partial charge in [-0.05, 0) is 31.7 Å². The Hall–Kier alpha value is -1.31. The van der Waals surface area contributed by atoms with Crippen molar-refractivity contribution >= 4 is 17.7 Å². The number of nitrogens with one attached hydrogen (secondary N) is 1. The van der Waals surface area contributed by atoms with Crippen molar-refractivity contribution in [1.82, 2.24) is 15.3 Å². The molecule has 3 unspecified atom stereocenters. The van der Waals surface area contributed by atoms with E-state index in [0.29, 0.717) is 5.92 Å². The van der Waals surface area contributed by atoms with E-state index in [9.17, 15) is 18.0 Å². The molecule has 1 aromatic rings. The molecular weight excluding hydrogens is 327 g/mol. The fourth-order valence-corrected chi connectivity index (χ4v) is 3.36. The van der Waals surface area contributed by atoms with Gasteiger partial charge in [0.2, 0.25) is 5.91 Å². The molecule has 0 aliphatic heterocycles. The van der Waals surface area contributed by atoms with Crippen LogP contribution in [0.15, 0.2) is 17.4 Å². The van der Waals surface area contributed by atoms with Crippen LogP contribution in [0.1, 0.15) is 45.2 Å². The Morgan fingerprint density at radius 2 is 2.09 bits per heavy atom. The molecule has 4 nitrogen and oxygen atoms in total. The van der Waals surface area contributed by atoms with Gasteiger partial charge < -0.3 is 5.32 Å². The van der Waals surface area contributed by atoms with Gasteiger partial charge in [0.05, 0.1) is 5.25 Å². The van der Waals surface area contributed by atoms with E-state index in [2.05, 4.69) is 22.2 Å². The number of alkyl halides is 3. The molecule has 1 amide bonds. The summed E-state index contributed by atoms with van der Waals surface area (Å²) in [4.78, 5) is 19.5. The van der Waals surface area contributed by atoms with Crippen LogP contribution in [0.25, 0.3) is 0 Å². The van der Waals surface area contributed by atoms with E-state index in [4.69, 9.17) is 0 Å². The van der Waals surface area contributed by atoms with E-state index in [0.717, 1.165) is 43.3 Å². The van der Waals surface area contributed by atoms with E-state index in [-0.39, 0.29) is 17.1 Å². The smallest absolute Gasteiger partial charge is 0.352 e. The van der Waals surface area contributed by atoms with Gasteiger partial charge in [-0.25, -0.2) is 9.97 Å². The van der Waals surface area contributed by atoms with E-state index in [1.54, 1.807) is 6.92 Å². The molecule has 1 aliphatic rings.